The zero-order chi connectivity index (χ0) is 21.5. The van der Waals surface area contributed by atoms with Crippen LogP contribution >= 0.6 is 11.6 Å². The summed E-state index contributed by atoms with van der Waals surface area (Å²) in [5.41, 5.74) is 1.69. The van der Waals surface area contributed by atoms with E-state index < -0.39 is 9.84 Å². The summed E-state index contributed by atoms with van der Waals surface area (Å²) in [5, 5.41) is 0.504. The van der Waals surface area contributed by atoms with Crippen molar-refractivity contribution in [3.05, 3.63) is 63.4 Å². The van der Waals surface area contributed by atoms with Crippen molar-refractivity contribution in [2.24, 2.45) is 16.8 Å². The van der Waals surface area contributed by atoms with Gasteiger partial charge in [0.15, 0.2) is 0 Å². The molecular weight excluding hydrogens is 420 g/mol. The molecule has 1 aliphatic carbocycles. The zero-order valence-corrected chi connectivity index (χ0v) is 19.1. The van der Waals surface area contributed by atoms with Gasteiger partial charge in [-0.05, 0) is 55.2 Å². The van der Waals surface area contributed by atoms with Crippen LogP contribution in [0.15, 0.2) is 68.2 Å². The molecule has 2 heterocycles. The Morgan fingerprint density at radius 2 is 1.80 bits per heavy atom. The van der Waals surface area contributed by atoms with Crippen molar-refractivity contribution >= 4 is 27.7 Å². The van der Waals surface area contributed by atoms with Crippen LogP contribution in [-0.4, -0.2) is 45.8 Å². The van der Waals surface area contributed by atoms with Gasteiger partial charge in [0, 0.05) is 35.8 Å². The van der Waals surface area contributed by atoms with Crippen molar-refractivity contribution in [1.29, 1.82) is 0 Å². The fourth-order valence-corrected chi connectivity index (χ4v) is 5.91. The van der Waals surface area contributed by atoms with Gasteiger partial charge >= 0.3 is 0 Å². The van der Waals surface area contributed by atoms with E-state index in [0.29, 0.717) is 10.9 Å². The van der Waals surface area contributed by atoms with Gasteiger partial charge in [-0.3, -0.25) is 4.99 Å². The molecule has 2 atom stereocenters. The van der Waals surface area contributed by atoms with E-state index in [2.05, 4.69) is 23.7 Å². The summed E-state index contributed by atoms with van der Waals surface area (Å²) in [6.45, 7) is 5.99. The first-order chi connectivity index (χ1) is 14.3. The second-order valence-corrected chi connectivity index (χ2v) is 10.6. The third-order valence-electron chi connectivity index (χ3n) is 6.15. The Hall–Kier alpha value is -2.05. The molecule has 1 saturated heterocycles. The molecule has 5 nitrogen and oxygen atoms in total. The molecule has 0 aromatic heterocycles. The molecule has 1 fully saturated rings. The lowest BCUT2D eigenvalue weighted by Gasteiger charge is -2.40. The fraction of sp³-hybridized carbons (Fsp3) is 0.435. The van der Waals surface area contributed by atoms with Crippen LogP contribution in [0.3, 0.4) is 0 Å². The minimum Gasteiger partial charge on any atom is -0.497 e. The molecule has 0 spiro atoms. The van der Waals surface area contributed by atoms with Crippen molar-refractivity contribution in [1.82, 2.24) is 4.90 Å². The van der Waals surface area contributed by atoms with Crippen LogP contribution in [0, 0.1) is 11.8 Å². The van der Waals surface area contributed by atoms with Gasteiger partial charge in [0.2, 0.25) is 9.84 Å². The summed E-state index contributed by atoms with van der Waals surface area (Å²) >= 11 is 5.98. The van der Waals surface area contributed by atoms with Crippen molar-refractivity contribution in [3.63, 3.8) is 0 Å². The van der Waals surface area contributed by atoms with E-state index in [4.69, 9.17) is 16.3 Å². The number of rotatable bonds is 4. The van der Waals surface area contributed by atoms with Crippen LogP contribution in [0.5, 0.6) is 0 Å². The summed E-state index contributed by atoms with van der Waals surface area (Å²) < 4.78 is 32.8. The maximum Gasteiger partial charge on any atom is 0.210 e. The monoisotopic (exact) mass is 446 g/mol. The second-order valence-electron chi connectivity index (χ2n) is 8.29. The Balaban J connectivity index is 1.88. The molecule has 0 bridgehead atoms. The van der Waals surface area contributed by atoms with E-state index in [1.165, 1.54) is 0 Å². The molecule has 0 saturated carbocycles. The quantitative estimate of drug-likeness (QED) is 0.677. The van der Waals surface area contributed by atoms with Crippen molar-refractivity contribution in [2.45, 2.75) is 37.6 Å². The molecule has 0 N–H and O–H groups in total. The molecule has 7 heteroatoms. The van der Waals surface area contributed by atoms with Crippen molar-refractivity contribution < 1.29 is 13.2 Å². The van der Waals surface area contributed by atoms with Crippen molar-refractivity contribution in [2.75, 3.05) is 20.2 Å². The van der Waals surface area contributed by atoms with Gasteiger partial charge in [-0.2, -0.15) is 0 Å². The average molecular weight is 447 g/mol. The van der Waals surface area contributed by atoms with Gasteiger partial charge in [0.25, 0.3) is 0 Å². The van der Waals surface area contributed by atoms with Crippen LogP contribution < -0.4 is 0 Å². The molecule has 3 aliphatic rings. The van der Waals surface area contributed by atoms with Gasteiger partial charge in [-0.15, -0.1) is 0 Å². The highest BCUT2D eigenvalue weighted by molar-refractivity contribution is 7.96. The number of piperidine rings is 1. The molecule has 0 amide bonds. The first-order valence-electron chi connectivity index (χ1n) is 10.3. The third-order valence-corrected chi connectivity index (χ3v) is 8.17. The number of hydrogen-bond acceptors (Lipinski definition) is 5. The predicted octanol–water partition coefficient (Wildman–Crippen LogP) is 4.62. The summed E-state index contributed by atoms with van der Waals surface area (Å²) in [4.78, 5) is 7.37. The molecule has 160 valence electrons. The van der Waals surface area contributed by atoms with Gasteiger partial charge < -0.3 is 9.64 Å². The number of allylic oxidation sites excluding steroid dienone is 2. The Labute approximate surface area is 183 Å². The number of fused-ring (bicyclic) bond motifs is 1. The van der Waals surface area contributed by atoms with Crippen molar-refractivity contribution in [3.8, 4) is 0 Å². The number of nitrogens with zero attached hydrogens (tertiary/aromatic N) is 2. The lowest BCUT2D eigenvalue weighted by Crippen LogP contribution is -2.39. The SMILES string of the molecule is COC1=CC(C)C2N=CC(S(=O)(=O)c3ccc(Cl)cc3)=C(N3CCC(C)CC3)C2=C1. The Morgan fingerprint density at radius 1 is 1.13 bits per heavy atom. The van der Waals surface area contributed by atoms with Gasteiger partial charge in [0.05, 0.1) is 23.7 Å². The van der Waals surface area contributed by atoms with Gasteiger partial charge in [-0.25, -0.2) is 8.42 Å². The second kappa shape index (κ2) is 8.23. The highest BCUT2D eigenvalue weighted by Crippen LogP contribution is 2.40. The first-order valence-corrected chi connectivity index (χ1v) is 12.2. The number of aliphatic imine (C=N–C) groups is 1. The maximum absolute atomic E-state index is 13.6. The smallest absolute Gasteiger partial charge is 0.210 e. The number of methoxy groups -OCH3 is 1. The number of likely N-dealkylation sites (tertiary alicyclic amines) is 1. The van der Waals surface area contributed by atoms with E-state index in [1.807, 2.05) is 12.2 Å². The number of dihydropyridines is 1. The summed E-state index contributed by atoms with van der Waals surface area (Å²) in [5.74, 6) is 1.51. The van der Waals surface area contributed by atoms with Gasteiger partial charge in [0.1, 0.15) is 10.7 Å². The summed E-state index contributed by atoms with van der Waals surface area (Å²) in [6, 6.07) is 6.21. The molecule has 2 aliphatic heterocycles. The largest absolute Gasteiger partial charge is 0.497 e. The molecular formula is C23H27ClN2O3S. The minimum absolute atomic E-state index is 0.109. The van der Waals surface area contributed by atoms with Crippen LogP contribution in [-0.2, 0) is 14.6 Å². The zero-order valence-electron chi connectivity index (χ0n) is 17.5. The molecule has 30 heavy (non-hydrogen) atoms. The van der Waals surface area contributed by atoms with E-state index in [-0.39, 0.29) is 21.8 Å². The minimum atomic E-state index is -3.75. The molecule has 1 aromatic carbocycles. The van der Waals surface area contributed by atoms with Crippen LogP contribution in [0.4, 0.5) is 0 Å². The Morgan fingerprint density at radius 3 is 2.43 bits per heavy atom. The van der Waals surface area contributed by atoms with Crippen LogP contribution in [0.25, 0.3) is 0 Å². The van der Waals surface area contributed by atoms with Crippen LogP contribution in [0.1, 0.15) is 26.7 Å². The lowest BCUT2D eigenvalue weighted by molar-refractivity contribution is 0.236. The predicted molar refractivity (Wildman–Crippen MR) is 120 cm³/mol. The molecule has 4 rings (SSSR count). The molecule has 0 radical (unpaired) electrons. The summed E-state index contributed by atoms with van der Waals surface area (Å²) in [7, 11) is -2.12. The van der Waals surface area contributed by atoms with E-state index in [9.17, 15) is 8.42 Å². The number of ether oxygens (including phenoxy) is 1. The Kier molecular flexibility index (Phi) is 5.82. The average Bonchev–Trinajstić information content (AvgIpc) is 2.74. The standard InChI is InChI=1S/C23H27ClN2O3S/c1-15-8-10-26(11-9-15)23-20-13-18(29-3)12-16(2)22(20)25-14-21(23)30(27,28)19-6-4-17(24)5-7-19/h4-7,12-16,22H,8-11H2,1-3H3. The highest BCUT2D eigenvalue weighted by Gasteiger charge is 2.38. The third kappa shape index (κ3) is 3.83. The number of halogens is 1. The number of sulfone groups is 1. The van der Waals surface area contributed by atoms with Gasteiger partial charge in [-0.1, -0.05) is 25.4 Å². The van der Waals surface area contributed by atoms with E-state index in [1.54, 1.807) is 37.6 Å². The Bertz CT molecular complexity index is 1050. The summed E-state index contributed by atoms with van der Waals surface area (Å²) in [6.07, 6.45) is 7.62. The van der Waals surface area contributed by atoms with E-state index >= 15 is 0 Å². The topological polar surface area (TPSA) is 59.0 Å². The number of benzene rings is 1. The molecule has 2 unspecified atom stereocenters. The normalized spacial score (nSPS) is 25.0. The van der Waals surface area contributed by atoms with E-state index in [0.717, 1.165) is 43.0 Å². The fourth-order valence-electron chi connectivity index (χ4n) is 4.33. The molecule has 1 aromatic rings. The highest BCUT2D eigenvalue weighted by atomic mass is 35.5. The first kappa shape index (κ1) is 21.2. The number of hydrogen-bond donors (Lipinski definition) is 0. The maximum atomic E-state index is 13.6. The van der Waals surface area contributed by atoms with Crippen LogP contribution in [0.2, 0.25) is 5.02 Å². The lowest BCUT2D eigenvalue weighted by atomic mass is 9.85.